The van der Waals surface area contributed by atoms with E-state index in [1.165, 1.54) is 12.1 Å². The maximum atomic E-state index is 13.1. The van der Waals surface area contributed by atoms with Crippen LogP contribution in [0.15, 0.2) is 54.9 Å². The molecule has 2 aromatic heterocycles. The molecular formula is C20H20FN5O. The van der Waals surface area contributed by atoms with Crippen molar-refractivity contribution in [1.82, 2.24) is 19.7 Å². The molecule has 0 aliphatic carbocycles. The summed E-state index contributed by atoms with van der Waals surface area (Å²) in [5.74, 6) is 0.608. The Hall–Kier alpha value is -3.22. The second-order valence-electron chi connectivity index (χ2n) is 6.50. The molecule has 0 spiro atoms. The first-order chi connectivity index (χ1) is 13.1. The lowest BCUT2D eigenvalue weighted by Crippen LogP contribution is -2.49. The lowest BCUT2D eigenvalue weighted by atomic mass is 10.2. The molecule has 6 nitrogen and oxygen atoms in total. The number of hydrogen-bond acceptors (Lipinski definition) is 4. The van der Waals surface area contributed by atoms with Crippen LogP contribution in [0.5, 0.6) is 0 Å². The van der Waals surface area contributed by atoms with Crippen LogP contribution in [0.25, 0.3) is 5.69 Å². The number of piperazine rings is 1. The van der Waals surface area contributed by atoms with Crippen LogP contribution in [0, 0.1) is 12.7 Å². The highest BCUT2D eigenvalue weighted by molar-refractivity contribution is 5.95. The smallest absolute Gasteiger partial charge is 0.257 e. The summed E-state index contributed by atoms with van der Waals surface area (Å²) in [5.41, 5.74) is 2.05. The second-order valence-corrected chi connectivity index (χ2v) is 6.50. The highest BCUT2D eigenvalue weighted by atomic mass is 19.1. The van der Waals surface area contributed by atoms with Crippen molar-refractivity contribution in [2.24, 2.45) is 0 Å². The SMILES string of the molecule is Cc1c(C(=O)N2CCN(c3ccccn3)CC2)cnn1-c1ccc(F)cc1. The molecule has 1 aliphatic heterocycles. The minimum absolute atomic E-state index is 0.0264. The first-order valence-electron chi connectivity index (χ1n) is 8.89. The molecular weight excluding hydrogens is 345 g/mol. The number of aromatic nitrogens is 3. The number of amides is 1. The monoisotopic (exact) mass is 365 g/mol. The standard InChI is InChI=1S/C20H20FN5O/c1-15-18(14-23-26(15)17-7-5-16(21)6-8-17)20(27)25-12-10-24(11-13-25)19-4-2-3-9-22-19/h2-9,14H,10-13H2,1H3. The van der Waals surface area contributed by atoms with Crippen LogP contribution >= 0.6 is 0 Å². The second kappa shape index (κ2) is 7.19. The average molecular weight is 365 g/mol. The Morgan fingerprint density at radius 2 is 1.78 bits per heavy atom. The maximum Gasteiger partial charge on any atom is 0.257 e. The van der Waals surface area contributed by atoms with Gasteiger partial charge >= 0.3 is 0 Å². The molecule has 0 bridgehead atoms. The first-order valence-corrected chi connectivity index (χ1v) is 8.89. The van der Waals surface area contributed by atoms with Crippen LogP contribution in [-0.4, -0.2) is 51.8 Å². The normalized spacial score (nSPS) is 14.4. The van der Waals surface area contributed by atoms with Gasteiger partial charge in [-0.15, -0.1) is 0 Å². The summed E-state index contributed by atoms with van der Waals surface area (Å²) >= 11 is 0. The molecule has 27 heavy (non-hydrogen) atoms. The van der Waals surface area contributed by atoms with E-state index in [0.717, 1.165) is 30.3 Å². The fourth-order valence-corrected chi connectivity index (χ4v) is 3.31. The average Bonchev–Trinajstić information content (AvgIpc) is 3.10. The molecule has 1 fully saturated rings. The van der Waals surface area contributed by atoms with Crippen molar-refractivity contribution in [3.63, 3.8) is 0 Å². The predicted octanol–water partition coefficient (Wildman–Crippen LogP) is 2.68. The summed E-state index contributed by atoms with van der Waals surface area (Å²) in [5, 5.41) is 4.32. The van der Waals surface area contributed by atoms with E-state index in [-0.39, 0.29) is 11.7 Å². The first kappa shape index (κ1) is 17.2. The number of pyridine rings is 1. The number of anilines is 1. The zero-order chi connectivity index (χ0) is 18.8. The van der Waals surface area contributed by atoms with Gasteiger partial charge in [0.25, 0.3) is 5.91 Å². The number of nitrogens with zero attached hydrogens (tertiary/aromatic N) is 5. The minimum Gasteiger partial charge on any atom is -0.353 e. The van der Waals surface area contributed by atoms with Crippen LogP contribution < -0.4 is 4.90 Å². The van der Waals surface area contributed by atoms with Crippen molar-refractivity contribution in [3.05, 3.63) is 71.9 Å². The summed E-state index contributed by atoms with van der Waals surface area (Å²) in [6.07, 6.45) is 3.37. The molecule has 1 aromatic carbocycles. The maximum absolute atomic E-state index is 13.1. The Balaban J connectivity index is 1.47. The fraction of sp³-hybridized carbons (Fsp3) is 0.250. The molecule has 0 atom stereocenters. The summed E-state index contributed by atoms with van der Waals surface area (Å²) in [4.78, 5) is 21.3. The number of hydrogen-bond donors (Lipinski definition) is 0. The summed E-state index contributed by atoms with van der Waals surface area (Å²) < 4.78 is 14.8. The van der Waals surface area contributed by atoms with E-state index in [2.05, 4.69) is 15.0 Å². The number of halogens is 1. The van der Waals surface area contributed by atoms with Crippen molar-refractivity contribution < 1.29 is 9.18 Å². The molecule has 0 radical (unpaired) electrons. The largest absolute Gasteiger partial charge is 0.353 e. The molecule has 1 aliphatic rings. The van der Waals surface area contributed by atoms with Crippen LogP contribution in [0.2, 0.25) is 0 Å². The Kier molecular flexibility index (Phi) is 4.58. The zero-order valence-electron chi connectivity index (χ0n) is 15.0. The Morgan fingerprint density at radius 1 is 1.04 bits per heavy atom. The van der Waals surface area contributed by atoms with Crippen LogP contribution in [0.1, 0.15) is 16.1 Å². The van der Waals surface area contributed by atoms with Crippen molar-refractivity contribution in [2.45, 2.75) is 6.92 Å². The molecule has 3 aromatic rings. The molecule has 0 saturated carbocycles. The summed E-state index contributed by atoms with van der Waals surface area (Å²) in [7, 11) is 0. The Morgan fingerprint density at radius 3 is 2.44 bits per heavy atom. The van der Waals surface area contributed by atoms with Gasteiger partial charge in [-0.3, -0.25) is 4.79 Å². The van der Waals surface area contributed by atoms with E-state index in [1.807, 2.05) is 30.0 Å². The van der Waals surface area contributed by atoms with Gasteiger partial charge in [0.2, 0.25) is 0 Å². The number of carbonyl (C=O) groups excluding carboxylic acids is 1. The van der Waals surface area contributed by atoms with Crippen LogP contribution in [0.3, 0.4) is 0 Å². The number of benzene rings is 1. The molecule has 1 amide bonds. The van der Waals surface area contributed by atoms with E-state index in [0.29, 0.717) is 18.7 Å². The Bertz CT molecular complexity index is 931. The van der Waals surface area contributed by atoms with Gasteiger partial charge in [0, 0.05) is 32.4 Å². The third-order valence-electron chi connectivity index (χ3n) is 4.85. The Labute approximate surface area is 156 Å². The van der Waals surface area contributed by atoms with Crippen molar-refractivity contribution in [2.75, 3.05) is 31.1 Å². The summed E-state index contributed by atoms with van der Waals surface area (Å²) in [6.45, 7) is 4.61. The van der Waals surface area contributed by atoms with Crippen LogP contribution in [-0.2, 0) is 0 Å². The van der Waals surface area contributed by atoms with E-state index in [4.69, 9.17) is 0 Å². The van der Waals surface area contributed by atoms with Crippen molar-refractivity contribution in [3.8, 4) is 5.69 Å². The zero-order valence-corrected chi connectivity index (χ0v) is 15.0. The third-order valence-corrected chi connectivity index (χ3v) is 4.85. The highest BCUT2D eigenvalue weighted by Crippen LogP contribution is 2.18. The predicted molar refractivity (Wildman–Crippen MR) is 101 cm³/mol. The van der Waals surface area contributed by atoms with Crippen LogP contribution in [0.4, 0.5) is 10.2 Å². The van der Waals surface area contributed by atoms with Gasteiger partial charge in [-0.25, -0.2) is 14.1 Å². The molecule has 3 heterocycles. The number of carbonyl (C=O) groups is 1. The van der Waals surface area contributed by atoms with Gasteiger partial charge in [0.15, 0.2) is 0 Å². The minimum atomic E-state index is -0.300. The fourth-order valence-electron chi connectivity index (χ4n) is 3.31. The topological polar surface area (TPSA) is 54.3 Å². The van der Waals surface area contributed by atoms with E-state index in [9.17, 15) is 9.18 Å². The van der Waals surface area contributed by atoms with Gasteiger partial charge in [-0.2, -0.15) is 5.10 Å². The molecule has 1 saturated heterocycles. The van der Waals surface area contributed by atoms with Gasteiger partial charge in [0.05, 0.1) is 23.1 Å². The number of rotatable bonds is 3. The summed E-state index contributed by atoms with van der Waals surface area (Å²) in [6, 6.07) is 11.9. The van der Waals surface area contributed by atoms with Gasteiger partial charge in [0.1, 0.15) is 11.6 Å². The van der Waals surface area contributed by atoms with Gasteiger partial charge in [-0.05, 0) is 43.3 Å². The van der Waals surface area contributed by atoms with E-state index in [1.54, 1.807) is 29.2 Å². The van der Waals surface area contributed by atoms with Gasteiger partial charge < -0.3 is 9.80 Å². The lowest BCUT2D eigenvalue weighted by molar-refractivity contribution is 0.0745. The highest BCUT2D eigenvalue weighted by Gasteiger charge is 2.25. The third kappa shape index (κ3) is 3.40. The molecule has 0 N–H and O–H groups in total. The molecule has 4 rings (SSSR count). The molecule has 138 valence electrons. The van der Waals surface area contributed by atoms with E-state index < -0.39 is 0 Å². The van der Waals surface area contributed by atoms with E-state index >= 15 is 0 Å². The lowest BCUT2D eigenvalue weighted by Gasteiger charge is -2.35. The molecule has 0 unspecified atom stereocenters. The molecule has 7 heteroatoms. The van der Waals surface area contributed by atoms with Crippen molar-refractivity contribution >= 4 is 11.7 Å². The van der Waals surface area contributed by atoms with Crippen molar-refractivity contribution in [1.29, 1.82) is 0 Å². The quantitative estimate of drug-likeness (QED) is 0.716. The van der Waals surface area contributed by atoms with Gasteiger partial charge in [-0.1, -0.05) is 6.07 Å².